The summed E-state index contributed by atoms with van der Waals surface area (Å²) in [7, 11) is 0. The Balaban J connectivity index is 2.08. The Morgan fingerprint density at radius 1 is 1.28 bits per heavy atom. The second-order valence-corrected chi connectivity index (χ2v) is 4.63. The number of hydrogen-bond acceptors (Lipinski definition) is 5. The lowest BCUT2D eigenvalue weighted by Gasteiger charge is -2.17. The van der Waals surface area contributed by atoms with E-state index in [1.54, 1.807) is 17.7 Å². The van der Waals surface area contributed by atoms with Crippen molar-refractivity contribution in [3.8, 4) is 0 Å². The van der Waals surface area contributed by atoms with Crippen molar-refractivity contribution in [1.29, 1.82) is 0 Å². The summed E-state index contributed by atoms with van der Waals surface area (Å²) in [5.41, 5.74) is 1.58. The second-order valence-electron chi connectivity index (χ2n) is 4.63. The highest BCUT2D eigenvalue weighted by atomic mass is 16.6. The van der Waals surface area contributed by atoms with Gasteiger partial charge in [-0.25, -0.2) is 9.97 Å². The molecule has 1 aliphatic heterocycles. The van der Waals surface area contributed by atoms with E-state index in [-0.39, 0.29) is 0 Å². The number of ether oxygens (including phenoxy) is 1. The lowest BCUT2D eigenvalue weighted by atomic mass is 10.1. The molecule has 2 aromatic rings. The predicted octanol–water partition coefficient (Wildman–Crippen LogP) is 0.379. The van der Waals surface area contributed by atoms with Crippen molar-refractivity contribution >= 4 is 11.0 Å². The van der Waals surface area contributed by atoms with Gasteiger partial charge in [-0.2, -0.15) is 0 Å². The fraction of sp³-hybridized carbons (Fsp3) is 0.500. The molecule has 3 rings (SSSR count). The zero-order chi connectivity index (χ0) is 12.9. The smallest absolute Gasteiger partial charge is 0.164 e. The number of fused-ring (bicyclic) bond motifs is 1. The standard InChI is InChI=1S/C12H15N3O3/c1-6-8-3-4-15(11(8)14-5-13-6)12-10(17)9(16)7(2)18-12/h3-5,7,9-10,12,16-17H,1-2H3. The van der Waals surface area contributed by atoms with E-state index in [1.807, 2.05) is 13.0 Å². The third-order valence-corrected chi connectivity index (χ3v) is 3.46. The molecular weight excluding hydrogens is 234 g/mol. The number of nitrogens with zero attached hydrogens (tertiary/aromatic N) is 3. The fourth-order valence-corrected chi connectivity index (χ4v) is 2.36. The number of aryl methyl sites for hydroxylation is 1. The van der Waals surface area contributed by atoms with E-state index in [4.69, 9.17) is 4.74 Å². The zero-order valence-corrected chi connectivity index (χ0v) is 10.2. The van der Waals surface area contributed by atoms with E-state index in [0.29, 0.717) is 5.65 Å². The Labute approximate surface area is 104 Å². The van der Waals surface area contributed by atoms with Gasteiger partial charge in [-0.05, 0) is 19.9 Å². The second kappa shape index (κ2) is 4.01. The lowest BCUT2D eigenvalue weighted by molar-refractivity contribution is -0.0296. The number of aliphatic hydroxyl groups excluding tert-OH is 2. The van der Waals surface area contributed by atoms with E-state index >= 15 is 0 Å². The number of rotatable bonds is 1. The fourth-order valence-electron chi connectivity index (χ4n) is 2.36. The lowest BCUT2D eigenvalue weighted by Crippen LogP contribution is -2.30. The van der Waals surface area contributed by atoms with Crippen LogP contribution in [0.3, 0.4) is 0 Å². The number of aromatic nitrogens is 3. The van der Waals surface area contributed by atoms with Gasteiger partial charge in [0.15, 0.2) is 6.23 Å². The molecule has 1 fully saturated rings. The highest BCUT2D eigenvalue weighted by Crippen LogP contribution is 2.31. The topological polar surface area (TPSA) is 80.4 Å². The minimum atomic E-state index is -0.953. The van der Waals surface area contributed by atoms with Crippen LogP contribution in [0.5, 0.6) is 0 Å². The Hall–Kier alpha value is -1.50. The van der Waals surface area contributed by atoms with Gasteiger partial charge in [0.05, 0.1) is 11.8 Å². The third kappa shape index (κ3) is 1.53. The normalized spacial score (nSPS) is 32.2. The summed E-state index contributed by atoms with van der Waals surface area (Å²) in [6, 6.07) is 1.89. The van der Waals surface area contributed by atoms with E-state index in [2.05, 4.69) is 9.97 Å². The molecule has 0 amide bonds. The molecule has 1 aliphatic rings. The first-order chi connectivity index (χ1) is 8.59. The molecule has 3 heterocycles. The van der Waals surface area contributed by atoms with Crippen molar-refractivity contribution in [2.45, 2.75) is 38.4 Å². The summed E-state index contributed by atoms with van der Waals surface area (Å²) >= 11 is 0. The van der Waals surface area contributed by atoms with Crippen LogP contribution < -0.4 is 0 Å². The molecule has 4 atom stereocenters. The number of aliphatic hydroxyl groups is 2. The van der Waals surface area contributed by atoms with E-state index in [1.165, 1.54) is 6.33 Å². The van der Waals surface area contributed by atoms with Gasteiger partial charge < -0.3 is 19.5 Å². The largest absolute Gasteiger partial charge is 0.388 e. The summed E-state index contributed by atoms with van der Waals surface area (Å²) in [5, 5.41) is 20.6. The van der Waals surface area contributed by atoms with Gasteiger partial charge in [-0.1, -0.05) is 0 Å². The van der Waals surface area contributed by atoms with E-state index in [9.17, 15) is 10.2 Å². The third-order valence-electron chi connectivity index (χ3n) is 3.46. The van der Waals surface area contributed by atoms with Gasteiger partial charge >= 0.3 is 0 Å². The molecule has 0 saturated carbocycles. The first kappa shape index (κ1) is 11.6. The van der Waals surface area contributed by atoms with E-state index in [0.717, 1.165) is 11.1 Å². The molecule has 0 bridgehead atoms. The zero-order valence-electron chi connectivity index (χ0n) is 10.2. The van der Waals surface area contributed by atoms with Crippen LogP contribution in [0.2, 0.25) is 0 Å². The summed E-state index contributed by atoms with van der Waals surface area (Å²) in [6.45, 7) is 3.64. The highest BCUT2D eigenvalue weighted by molar-refractivity contribution is 5.78. The SMILES string of the molecule is Cc1ncnc2c1ccn2C1OC(C)C(O)C1O. The van der Waals surface area contributed by atoms with Crippen molar-refractivity contribution in [2.75, 3.05) is 0 Å². The van der Waals surface area contributed by atoms with E-state index < -0.39 is 24.5 Å². The van der Waals surface area contributed by atoms with Crippen LogP contribution in [0.1, 0.15) is 18.8 Å². The average molecular weight is 249 g/mol. The van der Waals surface area contributed by atoms with Gasteiger partial charge in [0, 0.05) is 11.6 Å². The Morgan fingerprint density at radius 2 is 2.06 bits per heavy atom. The minimum Gasteiger partial charge on any atom is -0.388 e. The monoisotopic (exact) mass is 249 g/mol. The van der Waals surface area contributed by atoms with Crippen LogP contribution in [-0.4, -0.2) is 43.1 Å². The molecule has 0 spiro atoms. The molecule has 0 aromatic carbocycles. The molecule has 6 heteroatoms. The molecule has 0 radical (unpaired) electrons. The summed E-state index contributed by atoms with van der Waals surface area (Å²) in [4.78, 5) is 8.33. The van der Waals surface area contributed by atoms with Crippen LogP contribution in [0, 0.1) is 6.92 Å². The Morgan fingerprint density at radius 3 is 2.72 bits per heavy atom. The first-order valence-corrected chi connectivity index (χ1v) is 5.89. The molecule has 6 nitrogen and oxygen atoms in total. The van der Waals surface area contributed by atoms with Crippen LogP contribution in [-0.2, 0) is 4.74 Å². The summed E-state index contributed by atoms with van der Waals surface area (Å²) in [6.07, 6.45) is 0.439. The molecule has 2 N–H and O–H groups in total. The minimum absolute atomic E-state index is 0.398. The van der Waals surface area contributed by atoms with Gasteiger partial charge in [0.2, 0.25) is 0 Å². The molecule has 1 saturated heterocycles. The average Bonchev–Trinajstić information content (AvgIpc) is 2.88. The molecule has 96 valence electrons. The Bertz CT molecular complexity index is 583. The Kier molecular flexibility index (Phi) is 2.58. The van der Waals surface area contributed by atoms with Crippen molar-refractivity contribution in [2.24, 2.45) is 0 Å². The molecular formula is C12H15N3O3. The summed E-state index contributed by atoms with van der Waals surface area (Å²) < 4.78 is 7.32. The van der Waals surface area contributed by atoms with Crippen LogP contribution in [0.15, 0.2) is 18.6 Å². The predicted molar refractivity (Wildman–Crippen MR) is 63.9 cm³/mol. The first-order valence-electron chi connectivity index (χ1n) is 5.89. The van der Waals surface area contributed by atoms with Gasteiger partial charge in [0.1, 0.15) is 24.2 Å². The van der Waals surface area contributed by atoms with Crippen molar-refractivity contribution < 1.29 is 14.9 Å². The highest BCUT2D eigenvalue weighted by Gasteiger charge is 2.41. The van der Waals surface area contributed by atoms with Crippen LogP contribution in [0.25, 0.3) is 11.0 Å². The maximum Gasteiger partial charge on any atom is 0.164 e. The molecule has 18 heavy (non-hydrogen) atoms. The molecule has 2 aromatic heterocycles. The maximum atomic E-state index is 9.99. The quantitative estimate of drug-likeness (QED) is 0.763. The van der Waals surface area contributed by atoms with Gasteiger partial charge in [0.25, 0.3) is 0 Å². The molecule has 4 unspecified atom stereocenters. The van der Waals surface area contributed by atoms with Gasteiger partial charge in [-0.3, -0.25) is 0 Å². The van der Waals surface area contributed by atoms with Crippen LogP contribution >= 0.6 is 0 Å². The summed E-state index contributed by atoms with van der Waals surface area (Å²) in [5.74, 6) is 0. The van der Waals surface area contributed by atoms with Crippen LogP contribution in [0.4, 0.5) is 0 Å². The van der Waals surface area contributed by atoms with Crippen molar-refractivity contribution in [1.82, 2.24) is 14.5 Å². The van der Waals surface area contributed by atoms with Gasteiger partial charge in [-0.15, -0.1) is 0 Å². The molecule has 0 aliphatic carbocycles. The maximum absolute atomic E-state index is 9.99. The number of hydrogen-bond donors (Lipinski definition) is 2. The van der Waals surface area contributed by atoms with Crippen molar-refractivity contribution in [3.05, 3.63) is 24.3 Å². The van der Waals surface area contributed by atoms with Crippen molar-refractivity contribution in [3.63, 3.8) is 0 Å².